The van der Waals surface area contributed by atoms with Crippen molar-refractivity contribution in [2.45, 2.75) is 39.7 Å². The number of urea groups is 1. The van der Waals surface area contributed by atoms with E-state index in [1.54, 1.807) is 4.90 Å². The van der Waals surface area contributed by atoms with Gasteiger partial charge in [-0.15, -0.1) is 0 Å². The van der Waals surface area contributed by atoms with E-state index in [0.717, 1.165) is 46.8 Å². The number of amides is 3. The molecule has 0 aliphatic carbocycles. The number of hydrogen-bond donors (Lipinski definition) is 1. The van der Waals surface area contributed by atoms with Crippen LogP contribution in [0.25, 0.3) is 5.69 Å². The molecule has 4 aromatic rings. The number of para-hydroxylation sites is 2. The molecule has 1 atom stereocenters. The molecular weight excluding hydrogens is 500 g/mol. The Morgan fingerprint density at radius 3 is 2.42 bits per heavy atom. The van der Waals surface area contributed by atoms with Gasteiger partial charge in [0.25, 0.3) is 0 Å². The molecule has 0 spiro atoms. The van der Waals surface area contributed by atoms with Crippen molar-refractivity contribution in [3.8, 4) is 11.4 Å². The summed E-state index contributed by atoms with van der Waals surface area (Å²) < 4.78 is 7.67. The van der Waals surface area contributed by atoms with Crippen molar-refractivity contribution >= 4 is 23.3 Å². The zero-order chi connectivity index (χ0) is 28.1. The Morgan fingerprint density at radius 2 is 1.70 bits per heavy atom. The number of aryl methyl sites for hydroxylation is 1. The number of anilines is 2. The topological polar surface area (TPSA) is 66.8 Å². The number of nitrogens with zero attached hydrogens (tertiary/aromatic N) is 3. The average Bonchev–Trinajstić information content (AvgIpc) is 3.45. The number of carbonyl (C=O) groups is 2. The normalized spacial score (nSPS) is 13.8. The van der Waals surface area contributed by atoms with E-state index in [1.807, 2.05) is 78.7 Å². The Balaban J connectivity index is 1.46. The summed E-state index contributed by atoms with van der Waals surface area (Å²) in [6.07, 6.45) is 3.74. The third-order valence-corrected chi connectivity index (χ3v) is 7.16. The van der Waals surface area contributed by atoms with Gasteiger partial charge in [-0.1, -0.05) is 55.3 Å². The quantitative estimate of drug-likeness (QED) is 0.252. The van der Waals surface area contributed by atoms with Gasteiger partial charge in [0, 0.05) is 18.4 Å². The predicted octanol–water partition coefficient (Wildman–Crippen LogP) is 6.95. The van der Waals surface area contributed by atoms with E-state index < -0.39 is 0 Å². The fourth-order valence-corrected chi connectivity index (χ4v) is 5.26. The minimum atomic E-state index is -0.320. The summed E-state index contributed by atoms with van der Waals surface area (Å²) >= 11 is 0. The lowest BCUT2D eigenvalue weighted by molar-refractivity contribution is -0.119. The van der Waals surface area contributed by atoms with E-state index in [4.69, 9.17) is 4.74 Å². The standard InChI is InChI=1S/C33H36N4O3/c1-4-6-20-35(33(39)34-26-16-18-27(19-17-26)40-5-2)23-31(38)37-29-14-8-7-13-28(29)36-21-10-15-30(36)32(37)25-12-9-11-24(3)22-25/h7-19,21-22,32H,4-6,20,23H2,1-3H3,(H,34,39)/t32-/m1/s1. The third-order valence-electron chi connectivity index (χ3n) is 7.16. The van der Waals surface area contributed by atoms with Crippen LogP contribution < -0.4 is 15.0 Å². The maximum Gasteiger partial charge on any atom is 0.322 e. The van der Waals surface area contributed by atoms with Gasteiger partial charge in [0.1, 0.15) is 18.3 Å². The van der Waals surface area contributed by atoms with E-state index in [2.05, 4.69) is 48.0 Å². The number of rotatable bonds is 9. The van der Waals surface area contributed by atoms with Crippen LogP contribution in [0.3, 0.4) is 0 Å². The van der Waals surface area contributed by atoms with Gasteiger partial charge >= 0.3 is 6.03 Å². The highest BCUT2D eigenvalue weighted by Crippen LogP contribution is 2.42. The molecule has 0 radical (unpaired) electrons. The molecule has 3 aromatic carbocycles. The van der Waals surface area contributed by atoms with Crippen LogP contribution in [0.2, 0.25) is 0 Å². The van der Waals surface area contributed by atoms with Gasteiger partial charge in [-0.3, -0.25) is 9.69 Å². The van der Waals surface area contributed by atoms with Crippen LogP contribution in [0.1, 0.15) is 49.6 Å². The minimum Gasteiger partial charge on any atom is -0.494 e. The van der Waals surface area contributed by atoms with Crippen LogP contribution in [0, 0.1) is 6.92 Å². The summed E-state index contributed by atoms with van der Waals surface area (Å²) in [4.78, 5) is 31.2. The molecule has 0 saturated carbocycles. The molecule has 0 bridgehead atoms. The number of aromatic nitrogens is 1. The van der Waals surface area contributed by atoms with E-state index in [-0.39, 0.29) is 24.5 Å². The fraction of sp³-hybridized carbons (Fsp3) is 0.273. The van der Waals surface area contributed by atoms with Gasteiger partial charge in [0.15, 0.2) is 0 Å². The first-order valence-electron chi connectivity index (χ1n) is 13.9. The molecule has 206 valence electrons. The first-order chi connectivity index (χ1) is 19.5. The largest absolute Gasteiger partial charge is 0.494 e. The fourth-order valence-electron chi connectivity index (χ4n) is 5.26. The summed E-state index contributed by atoms with van der Waals surface area (Å²) in [5.41, 5.74) is 5.59. The summed E-state index contributed by atoms with van der Waals surface area (Å²) in [6.45, 7) is 7.08. The second kappa shape index (κ2) is 12.1. The lowest BCUT2D eigenvalue weighted by atomic mass is 9.96. The van der Waals surface area contributed by atoms with Crippen LogP contribution in [0.15, 0.2) is 91.1 Å². The van der Waals surface area contributed by atoms with Gasteiger partial charge in [-0.25, -0.2) is 4.79 Å². The summed E-state index contributed by atoms with van der Waals surface area (Å²) in [5, 5.41) is 2.97. The number of unbranched alkanes of at least 4 members (excludes halogenated alkanes) is 1. The first-order valence-corrected chi connectivity index (χ1v) is 13.9. The molecule has 1 aliphatic rings. The number of carbonyl (C=O) groups excluding carboxylic acids is 2. The van der Waals surface area contributed by atoms with Gasteiger partial charge in [0.05, 0.1) is 23.7 Å². The van der Waals surface area contributed by atoms with Gasteiger partial charge < -0.3 is 19.5 Å². The summed E-state index contributed by atoms with van der Waals surface area (Å²) in [7, 11) is 0. The Morgan fingerprint density at radius 1 is 0.925 bits per heavy atom. The van der Waals surface area contributed by atoms with E-state index in [0.29, 0.717) is 18.8 Å². The molecule has 7 heteroatoms. The van der Waals surface area contributed by atoms with Gasteiger partial charge in [-0.05, 0) is 74.4 Å². The SMILES string of the molecule is CCCCN(CC(=O)N1c2ccccc2-n2cccc2[C@H]1c1cccc(C)c1)C(=O)Nc1ccc(OCC)cc1. The van der Waals surface area contributed by atoms with Gasteiger partial charge in [-0.2, -0.15) is 0 Å². The number of ether oxygens (including phenoxy) is 1. The maximum atomic E-state index is 14.3. The molecule has 40 heavy (non-hydrogen) atoms. The van der Waals surface area contributed by atoms with Crippen LogP contribution in [0.4, 0.5) is 16.2 Å². The maximum absolute atomic E-state index is 14.3. The summed E-state index contributed by atoms with van der Waals surface area (Å²) in [5.74, 6) is 0.610. The Hall–Kier alpha value is -4.52. The lowest BCUT2D eigenvalue weighted by Crippen LogP contribution is -2.48. The van der Waals surface area contributed by atoms with Crippen molar-refractivity contribution in [1.82, 2.24) is 9.47 Å². The van der Waals surface area contributed by atoms with Crippen LogP contribution in [-0.2, 0) is 4.79 Å². The molecule has 7 nitrogen and oxygen atoms in total. The van der Waals surface area contributed by atoms with E-state index in [9.17, 15) is 9.59 Å². The molecule has 2 heterocycles. The second-order valence-electron chi connectivity index (χ2n) is 10.0. The molecule has 0 fully saturated rings. The van der Waals surface area contributed by atoms with Crippen LogP contribution in [-0.4, -0.2) is 41.1 Å². The molecule has 0 unspecified atom stereocenters. The smallest absolute Gasteiger partial charge is 0.322 e. The Kier molecular flexibility index (Phi) is 8.20. The highest BCUT2D eigenvalue weighted by atomic mass is 16.5. The second-order valence-corrected chi connectivity index (χ2v) is 10.0. The van der Waals surface area contributed by atoms with Crippen molar-refractivity contribution in [2.24, 2.45) is 0 Å². The molecule has 1 aromatic heterocycles. The molecule has 3 amide bonds. The lowest BCUT2D eigenvalue weighted by Gasteiger charge is -2.39. The van der Waals surface area contributed by atoms with E-state index >= 15 is 0 Å². The third kappa shape index (κ3) is 5.59. The number of benzene rings is 3. The van der Waals surface area contributed by atoms with Gasteiger partial charge in [0.2, 0.25) is 5.91 Å². The molecular formula is C33H36N4O3. The molecule has 1 aliphatic heterocycles. The first kappa shape index (κ1) is 27.1. The Labute approximate surface area is 236 Å². The molecule has 0 saturated heterocycles. The zero-order valence-electron chi connectivity index (χ0n) is 23.3. The molecule has 5 rings (SSSR count). The molecule has 1 N–H and O–H groups in total. The minimum absolute atomic E-state index is 0.0414. The Bertz CT molecular complexity index is 1480. The van der Waals surface area contributed by atoms with Crippen molar-refractivity contribution in [2.75, 3.05) is 29.9 Å². The number of nitrogens with one attached hydrogen (secondary N) is 1. The van der Waals surface area contributed by atoms with Crippen molar-refractivity contribution < 1.29 is 14.3 Å². The van der Waals surface area contributed by atoms with Crippen molar-refractivity contribution in [3.05, 3.63) is 108 Å². The average molecular weight is 537 g/mol. The van der Waals surface area contributed by atoms with E-state index in [1.165, 1.54) is 0 Å². The number of hydrogen-bond acceptors (Lipinski definition) is 3. The van der Waals surface area contributed by atoms with Crippen molar-refractivity contribution in [3.63, 3.8) is 0 Å². The van der Waals surface area contributed by atoms with Crippen molar-refractivity contribution in [1.29, 1.82) is 0 Å². The highest BCUT2D eigenvalue weighted by Gasteiger charge is 2.37. The van der Waals surface area contributed by atoms with Crippen LogP contribution >= 0.6 is 0 Å². The zero-order valence-corrected chi connectivity index (χ0v) is 23.3. The highest BCUT2D eigenvalue weighted by molar-refractivity contribution is 6.01. The van der Waals surface area contributed by atoms with Crippen LogP contribution in [0.5, 0.6) is 5.75 Å². The predicted molar refractivity (Wildman–Crippen MR) is 159 cm³/mol. The monoisotopic (exact) mass is 536 g/mol. The number of fused-ring (bicyclic) bond motifs is 3. The summed E-state index contributed by atoms with van der Waals surface area (Å²) in [6, 6.07) is 27.0.